The Hall–Kier alpha value is -2.88. The number of anilines is 1. The van der Waals surface area contributed by atoms with E-state index >= 15 is 0 Å². The van der Waals surface area contributed by atoms with E-state index in [1.54, 1.807) is 34.6 Å². The zero-order valence-corrected chi connectivity index (χ0v) is 21.8. The van der Waals surface area contributed by atoms with Crippen molar-refractivity contribution in [1.29, 1.82) is 0 Å². The quantitative estimate of drug-likeness (QED) is 0.142. The van der Waals surface area contributed by atoms with Crippen molar-refractivity contribution >= 4 is 74.8 Å². The van der Waals surface area contributed by atoms with Crippen LogP contribution < -0.4 is 20.7 Å². The smallest absolute Gasteiger partial charge is 0.297 e. The molecule has 184 valence electrons. The average molecular weight is 553 g/mol. The molecule has 4 rings (SSSR count). The summed E-state index contributed by atoms with van der Waals surface area (Å²) in [5.74, 6) is -2.34. The fourth-order valence-corrected chi connectivity index (χ4v) is 6.94. The van der Waals surface area contributed by atoms with Crippen LogP contribution in [0, 0.1) is 0 Å². The molecule has 35 heavy (non-hydrogen) atoms. The predicted molar refractivity (Wildman–Crippen MR) is 133 cm³/mol. The van der Waals surface area contributed by atoms with Gasteiger partial charge in [0, 0.05) is 11.1 Å². The molecule has 2 aromatic rings. The molecule has 2 aromatic heterocycles. The molecular formula is C20H20N6O5S4. The lowest BCUT2D eigenvalue weighted by molar-refractivity contribution is -0.716. The van der Waals surface area contributed by atoms with Crippen LogP contribution in [0.15, 0.2) is 49.9 Å². The monoisotopic (exact) mass is 552 g/mol. The van der Waals surface area contributed by atoms with Gasteiger partial charge >= 0.3 is 0 Å². The van der Waals surface area contributed by atoms with Crippen LogP contribution in [-0.4, -0.2) is 63.9 Å². The third kappa shape index (κ3) is 5.07. The van der Waals surface area contributed by atoms with Crippen molar-refractivity contribution in [1.82, 2.24) is 15.2 Å². The van der Waals surface area contributed by atoms with Gasteiger partial charge in [0.25, 0.3) is 16.2 Å². The lowest BCUT2D eigenvalue weighted by Gasteiger charge is -2.50. The Morgan fingerprint density at radius 3 is 2.94 bits per heavy atom. The van der Waals surface area contributed by atoms with Crippen molar-refractivity contribution in [2.75, 3.05) is 24.9 Å². The zero-order chi connectivity index (χ0) is 25.1. The molecule has 0 aromatic carbocycles. The molecule has 1 saturated heterocycles. The summed E-state index contributed by atoms with van der Waals surface area (Å²) in [6.07, 6.45) is 7.50. The number of carbonyl (C=O) groups is 3. The molecule has 1 unspecified atom stereocenters. The lowest BCUT2D eigenvalue weighted by atomic mass is 10.0. The maximum absolute atomic E-state index is 12.9. The molecule has 2 amide bonds. The standard InChI is InChI=1S/C20H20N6O5S4/c1-31-24-12(11-9-35-19(21)22-11)15(27)23-13-16(28)26-14(18(29)30)10(8-34-17(13)26)4-3-5-25-6-7-33-20(25)32-2/h3-4,6-7,9,13,17H,5,8H2,1-2H3,(H3-,21,22,23,27,29,30)/b4-3+,24-12-/t13?,17-/m1/s1. The van der Waals surface area contributed by atoms with Crippen LogP contribution in [0.1, 0.15) is 5.69 Å². The second-order valence-corrected chi connectivity index (χ2v) is 11.1. The van der Waals surface area contributed by atoms with E-state index < -0.39 is 29.2 Å². The van der Waals surface area contributed by atoms with Crippen LogP contribution in [0.4, 0.5) is 5.13 Å². The van der Waals surface area contributed by atoms with Gasteiger partial charge in [-0.15, -0.1) is 23.1 Å². The number of β-lactam (4-membered cyclic amide) rings is 1. The van der Waals surface area contributed by atoms with E-state index in [1.807, 2.05) is 28.5 Å². The molecule has 2 aliphatic heterocycles. The zero-order valence-electron chi connectivity index (χ0n) is 18.5. The highest BCUT2D eigenvalue weighted by atomic mass is 32.2. The molecule has 3 N–H and O–H groups in total. The minimum atomic E-state index is -1.44. The molecule has 4 heterocycles. The third-order valence-electron chi connectivity index (χ3n) is 5.08. The number of nitrogens with one attached hydrogen (secondary N) is 1. The summed E-state index contributed by atoms with van der Waals surface area (Å²) >= 11 is 5.73. The van der Waals surface area contributed by atoms with E-state index in [-0.39, 0.29) is 22.2 Å². The maximum Gasteiger partial charge on any atom is 0.297 e. The van der Waals surface area contributed by atoms with Crippen molar-refractivity contribution < 1.29 is 28.9 Å². The Labute approximate surface area is 216 Å². The van der Waals surface area contributed by atoms with Crippen molar-refractivity contribution in [3.63, 3.8) is 0 Å². The van der Waals surface area contributed by atoms with Gasteiger partial charge in [0.05, 0.1) is 17.0 Å². The predicted octanol–water partition coefficient (Wildman–Crippen LogP) is -0.193. The fraction of sp³-hybridized carbons (Fsp3) is 0.300. The summed E-state index contributed by atoms with van der Waals surface area (Å²) < 4.78 is 3.16. The van der Waals surface area contributed by atoms with Gasteiger partial charge < -0.3 is 25.8 Å². The highest BCUT2D eigenvalue weighted by Crippen LogP contribution is 2.40. The first-order valence-corrected chi connectivity index (χ1v) is 14.1. The first kappa shape index (κ1) is 25.2. The number of thioether (sulfide) groups is 2. The Kier molecular flexibility index (Phi) is 7.78. The normalized spacial score (nSPS) is 20.1. The van der Waals surface area contributed by atoms with E-state index in [4.69, 9.17) is 10.6 Å². The molecule has 15 heteroatoms. The summed E-state index contributed by atoms with van der Waals surface area (Å²) in [7, 11) is 1.28. The summed E-state index contributed by atoms with van der Waals surface area (Å²) in [5, 5.41) is 21.4. The first-order valence-electron chi connectivity index (χ1n) is 10.1. The number of thiazole rings is 2. The van der Waals surface area contributed by atoms with Crippen LogP contribution in [0.5, 0.6) is 0 Å². The van der Waals surface area contributed by atoms with Gasteiger partial charge in [-0.05, 0) is 29.7 Å². The SMILES string of the molecule is CO/N=C(\C(=O)NC1C(=O)N2C(C(=O)[O-])=C(/C=C/C[n+]3ccsc3SC)CS[C@H]12)c1csc(N)n1. The number of oxime groups is 1. The number of nitrogens with two attached hydrogens (primary N) is 1. The summed E-state index contributed by atoms with van der Waals surface area (Å²) in [4.78, 5) is 47.6. The van der Waals surface area contributed by atoms with Crippen LogP contribution >= 0.6 is 46.2 Å². The van der Waals surface area contributed by atoms with Gasteiger partial charge in [0.15, 0.2) is 23.6 Å². The average Bonchev–Trinajstić information content (AvgIpc) is 3.48. The molecule has 1 fully saturated rings. The molecule has 11 nitrogen and oxygen atoms in total. The minimum Gasteiger partial charge on any atom is -0.543 e. The second-order valence-electron chi connectivity index (χ2n) is 7.14. The van der Waals surface area contributed by atoms with Gasteiger partial charge in [-0.25, -0.2) is 4.98 Å². The van der Waals surface area contributed by atoms with Crippen molar-refractivity contribution in [2.24, 2.45) is 5.16 Å². The van der Waals surface area contributed by atoms with Crippen LogP contribution in [-0.2, 0) is 25.8 Å². The van der Waals surface area contributed by atoms with E-state index in [0.717, 1.165) is 20.6 Å². The number of rotatable bonds is 9. The van der Waals surface area contributed by atoms with Gasteiger partial charge in [-0.2, -0.15) is 4.57 Å². The summed E-state index contributed by atoms with van der Waals surface area (Å²) in [6, 6.07) is -0.934. The topological polar surface area (TPSA) is 154 Å². The Bertz CT molecular complexity index is 1250. The van der Waals surface area contributed by atoms with E-state index in [0.29, 0.717) is 17.9 Å². The number of fused-ring (bicyclic) bond motifs is 1. The van der Waals surface area contributed by atoms with Gasteiger partial charge in [0.1, 0.15) is 24.2 Å². The fourth-order valence-electron chi connectivity index (χ4n) is 3.56. The number of aliphatic carboxylic acids is 1. The van der Waals surface area contributed by atoms with E-state index in [9.17, 15) is 19.5 Å². The first-order chi connectivity index (χ1) is 16.8. The van der Waals surface area contributed by atoms with Gasteiger partial charge in [-0.3, -0.25) is 14.5 Å². The number of carbonyl (C=O) groups excluding carboxylic acids is 3. The number of nitrogen functional groups attached to an aromatic ring is 1. The molecule has 0 spiro atoms. The molecule has 0 aliphatic carbocycles. The van der Waals surface area contributed by atoms with Crippen molar-refractivity contribution in [2.45, 2.75) is 22.3 Å². The largest absolute Gasteiger partial charge is 0.543 e. The number of carboxylic acids is 1. The molecule has 2 aliphatic rings. The maximum atomic E-state index is 12.9. The number of amides is 2. The molecule has 0 radical (unpaired) electrons. The molecule has 0 bridgehead atoms. The molecular weight excluding hydrogens is 533 g/mol. The van der Waals surface area contributed by atoms with Crippen LogP contribution in [0.25, 0.3) is 0 Å². The van der Waals surface area contributed by atoms with Crippen molar-refractivity contribution in [3.05, 3.63) is 46.1 Å². The number of hydrogen-bond acceptors (Lipinski definition) is 12. The lowest BCUT2D eigenvalue weighted by Crippen LogP contribution is -2.71. The number of aromatic nitrogens is 2. The highest BCUT2D eigenvalue weighted by Gasteiger charge is 2.53. The van der Waals surface area contributed by atoms with Gasteiger partial charge in [0.2, 0.25) is 0 Å². The Balaban J connectivity index is 1.49. The van der Waals surface area contributed by atoms with Crippen LogP contribution in [0.3, 0.4) is 0 Å². The Morgan fingerprint density at radius 1 is 1.49 bits per heavy atom. The summed E-state index contributed by atoms with van der Waals surface area (Å²) in [5.41, 5.74) is 6.01. The molecule has 0 saturated carbocycles. The van der Waals surface area contributed by atoms with E-state index in [2.05, 4.69) is 15.5 Å². The second kappa shape index (κ2) is 10.8. The molecule has 2 atom stereocenters. The highest BCUT2D eigenvalue weighted by molar-refractivity contribution is 8.00. The van der Waals surface area contributed by atoms with E-state index in [1.165, 1.54) is 18.9 Å². The number of allylic oxidation sites excluding steroid dienone is 2. The van der Waals surface area contributed by atoms with Gasteiger partial charge in [-0.1, -0.05) is 22.6 Å². The number of hydrogen-bond donors (Lipinski definition) is 2. The summed E-state index contributed by atoms with van der Waals surface area (Å²) in [6.45, 7) is 0.562. The van der Waals surface area contributed by atoms with Crippen molar-refractivity contribution in [3.8, 4) is 0 Å². The minimum absolute atomic E-state index is 0.137. The number of nitrogens with zero attached hydrogens (tertiary/aromatic N) is 4. The Morgan fingerprint density at radius 2 is 2.29 bits per heavy atom. The number of carboxylic acid groups (broad SMARTS) is 1. The van der Waals surface area contributed by atoms with Crippen LogP contribution in [0.2, 0.25) is 0 Å². The third-order valence-corrected chi connectivity index (χ3v) is 9.12.